The van der Waals surface area contributed by atoms with Crippen molar-refractivity contribution in [1.82, 2.24) is 0 Å². The molecule has 0 aromatic heterocycles. The Balaban J connectivity index is 1.94. The summed E-state index contributed by atoms with van der Waals surface area (Å²) >= 11 is 0. The molecular formula is C16H20N2O3. The fraction of sp³-hybridized carbons (Fsp3) is 0.562. The van der Waals surface area contributed by atoms with Crippen LogP contribution in [-0.4, -0.2) is 23.8 Å². The van der Waals surface area contributed by atoms with Crippen molar-refractivity contribution in [2.75, 3.05) is 11.4 Å². The number of piperidine rings is 1. The third kappa shape index (κ3) is 2.64. The molecule has 2 atom stereocenters. The van der Waals surface area contributed by atoms with Gasteiger partial charge in [-0.15, -0.1) is 0 Å². The molecule has 1 aromatic carbocycles. The topological polar surface area (TPSA) is 63.4 Å². The lowest BCUT2D eigenvalue weighted by Gasteiger charge is -2.45. The molecule has 5 nitrogen and oxygen atoms in total. The van der Waals surface area contributed by atoms with Crippen molar-refractivity contribution in [3.8, 4) is 0 Å². The van der Waals surface area contributed by atoms with E-state index in [1.54, 1.807) is 6.07 Å². The molecule has 1 heterocycles. The van der Waals surface area contributed by atoms with Gasteiger partial charge in [-0.1, -0.05) is 12.8 Å². The van der Waals surface area contributed by atoms with Gasteiger partial charge in [0.15, 0.2) is 6.29 Å². The van der Waals surface area contributed by atoms with Crippen molar-refractivity contribution < 1.29 is 9.72 Å². The van der Waals surface area contributed by atoms with Gasteiger partial charge in [-0.3, -0.25) is 14.9 Å². The molecule has 1 saturated carbocycles. The molecular weight excluding hydrogens is 268 g/mol. The molecule has 2 aliphatic rings. The van der Waals surface area contributed by atoms with Crippen LogP contribution in [0.15, 0.2) is 18.2 Å². The van der Waals surface area contributed by atoms with E-state index in [0.29, 0.717) is 17.5 Å². The smallest absolute Gasteiger partial charge is 0.270 e. The maximum absolute atomic E-state index is 11.4. The molecule has 3 rings (SSSR count). The quantitative estimate of drug-likeness (QED) is 0.484. The summed E-state index contributed by atoms with van der Waals surface area (Å²) in [5, 5.41) is 10.9. The fourth-order valence-corrected chi connectivity index (χ4v) is 3.94. The predicted octanol–water partition coefficient (Wildman–Crippen LogP) is 3.57. The summed E-state index contributed by atoms with van der Waals surface area (Å²) in [7, 11) is 0. The first kappa shape index (κ1) is 14.0. The second-order valence-electron chi connectivity index (χ2n) is 6.07. The van der Waals surface area contributed by atoms with E-state index in [1.165, 1.54) is 44.2 Å². The maximum atomic E-state index is 11.4. The number of hydrogen-bond acceptors (Lipinski definition) is 4. The van der Waals surface area contributed by atoms with Crippen molar-refractivity contribution >= 4 is 17.7 Å². The van der Waals surface area contributed by atoms with E-state index < -0.39 is 4.92 Å². The number of anilines is 1. The Morgan fingerprint density at radius 2 is 1.95 bits per heavy atom. The summed E-state index contributed by atoms with van der Waals surface area (Å²) in [6.45, 7) is 0.944. The fourth-order valence-electron chi connectivity index (χ4n) is 3.94. The number of non-ortho nitro benzene ring substituents is 1. The van der Waals surface area contributed by atoms with E-state index in [0.717, 1.165) is 24.9 Å². The number of hydrogen-bond donors (Lipinski definition) is 0. The van der Waals surface area contributed by atoms with Crippen LogP contribution in [0.25, 0.3) is 0 Å². The molecule has 1 saturated heterocycles. The zero-order chi connectivity index (χ0) is 14.8. The summed E-state index contributed by atoms with van der Waals surface area (Å²) in [6, 6.07) is 5.15. The summed E-state index contributed by atoms with van der Waals surface area (Å²) in [5.41, 5.74) is 1.29. The largest absolute Gasteiger partial charge is 0.368 e. The van der Waals surface area contributed by atoms with Crippen LogP contribution in [0.4, 0.5) is 11.4 Å². The van der Waals surface area contributed by atoms with Gasteiger partial charge in [0.1, 0.15) is 0 Å². The van der Waals surface area contributed by atoms with Crippen molar-refractivity contribution in [3.05, 3.63) is 33.9 Å². The third-order valence-electron chi connectivity index (χ3n) is 4.90. The van der Waals surface area contributed by atoms with Gasteiger partial charge in [0, 0.05) is 36.0 Å². The zero-order valence-electron chi connectivity index (χ0n) is 12.0. The Morgan fingerprint density at radius 3 is 2.71 bits per heavy atom. The minimum atomic E-state index is -0.448. The van der Waals surface area contributed by atoms with E-state index >= 15 is 0 Å². The highest BCUT2D eigenvalue weighted by Gasteiger charge is 2.34. The van der Waals surface area contributed by atoms with Gasteiger partial charge in [-0.25, -0.2) is 0 Å². The standard InChI is InChI=1S/C16H20N2O3/c19-11-13-10-14(18(20)21)7-8-16(13)17-9-3-5-12-4-1-2-6-15(12)17/h7-8,10-12,15H,1-6,9H2/t12-,15-/m1/s1. The Labute approximate surface area is 124 Å². The average molecular weight is 288 g/mol. The van der Waals surface area contributed by atoms with E-state index in [-0.39, 0.29) is 5.69 Å². The number of rotatable bonds is 3. The summed E-state index contributed by atoms with van der Waals surface area (Å²) in [5.74, 6) is 0.710. The van der Waals surface area contributed by atoms with Gasteiger partial charge >= 0.3 is 0 Å². The lowest BCUT2D eigenvalue weighted by Crippen LogP contribution is -2.47. The molecule has 0 bridgehead atoms. The van der Waals surface area contributed by atoms with Gasteiger partial charge in [-0.05, 0) is 37.7 Å². The number of nitrogens with zero attached hydrogens (tertiary/aromatic N) is 2. The first-order valence-corrected chi connectivity index (χ1v) is 7.71. The Hall–Kier alpha value is -1.91. The predicted molar refractivity (Wildman–Crippen MR) is 80.8 cm³/mol. The second-order valence-corrected chi connectivity index (χ2v) is 6.07. The Kier molecular flexibility index (Phi) is 3.90. The SMILES string of the molecule is O=Cc1cc([N+](=O)[O-])ccc1N1CCC[C@H]2CCCC[C@H]21. The number of aldehydes is 1. The highest BCUT2D eigenvalue weighted by atomic mass is 16.6. The molecule has 1 aromatic rings. The molecule has 0 radical (unpaired) electrons. The van der Waals surface area contributed by atoms with Crippen LogP contribution < -0.4 is 4.90 Å². The van der Waals surface area contributed by atoms with Crippen LogP contribution in [0.1, 0.15) is 48.9 Å². The Morgan fingerprint density at radius 1 is 1.19 bits per heavy atom. The summed E-state index contributed by atoms with van der Waals surface area (Å²) in [4.78, 5) is 24.1. The van der Waals surface area contributed by atoms with Crippen molar-refractivity contribution in [3.63, 3.8) is 0 Å². The normalized spacial score (nSPS) is 25.2. The van der Waals surface area contributed by atoms with Crippen molar-refractivity contribution in [2.45, 2.75) is 44.6 Å². The average Bonchev–Trinajstić information content (AvgIpc) is 2.53. The lowest BCUT2D eigenvalue weighted by molar-refractivity contribution is -0.384. The van der Waals surface area contributed by atoms with Crippen LogP contribution in [0.2, 0.25) is 0 Å². The number of benzene rings is 1. The number of nitro benzene ring substituents is 1. The molecule has 0 spiro atoms. The second kappa shape index (κ2) is 5.84. The van der Waals surface area contributed by atoms with Crippen LogP contribution >= 0.6 is 0 Å². The molecule has 112 valence electrons. The van der Waals surface area contributed by atoms with E-state index in [4.69, 9.17) is 0 Å². The first-order chi connectivity index (χ1) is 10.2. The number of fused-ring (bicyclic) bond motifs is 1. The van der Waals surface area contributed by atoms with Crippen molar-refractivity contribution in [1.29, 1.82) is 0 Å². The summed E-state index contributed by atoms with van der Waals surface area (Å²) < 4.78 is 0. The number of nitro groups is 1. The van der Waals surface area contributed by atoms with Gasteiger partial charge in [0.05, 0.1) is 4.92 Å². The zero-order valence-corrected chi connectivity index (χ0v) is 12.0. The monoisotopic (exact) mass is 288 g/mol. The summed E-state index contributed by atoms with van der Waals surface area (Å²) in [6.07, 6.45) is 8.12. The molecule has 0 N–H and O–H groups in total. The highest BCUT2D eigenvalue weighted by molar-refractivity contribution is 5.86. The van der Waals surface area contributed by atoms with Gasteiger partial charge in [-0.2, -0.15) is 0 Å². The van der Waals surface area contributed by atoms with E-state index in [9.17, 15) is 14.9 Å². The van der Waals surface area contributed by atoms with Crippen LogP contribution in [0.5, 0.6) is 0 Å². The molecule has 2 fully saturated rings. The first-order valence-electron chi connectivity index (χ1n) is 7.71. The van der Waals surface area contributed by atoms with Crippen LogP contribution in [0, 0.1) is 16.0 Å². The van der Waals surface area contributed by atoms with Gasteiger partial charge in [0.25, 0.3) is 5.69 Å². The molecule has 1 aliphatic carbocycles. The molecule has 21 heavy (non-hydrogen) atoms. The maximum Gasteiger partial charge on any atom is 0.270 e. The number of carbonyl (C=O) groups excluding carboxylic acids is 1. The van der Waals surface area contributed by atoms with Crippen LogP contribution in [-0.2, 0) is 0 Å². The molecule has 1 aliphatic heterocycles. The molecule has 0 amide bonds. The minimum absolute atomic E-state index is 0.0157. The highest BCUT2D eigenvalue weighted by Crippen LogP contribution is 2.39. The van der Waals surface area contributed by atoms with Gasteiger partial charge in [0.2, 0.25) is 0 Å². The third-order valence-corrected chi connectivity index (χ3v) is 4.90. The molecule has 5 heteroatoms. The van der Waals surface area contributed by atoms with E-state index in [2.05, 4.69) is 4.90 Å². The number of carbonyl (C=O) groups is 1. The van der Waals surface area contributed by atoms with Gasteiger partial charge < -0.3 is 4.90 Å². The lowest BCUT2D eigenvalue weighted by atomic mass is 9.78. The van der Waals surface area contributed by atoms with E-state index in [1.807, 2.05) is 0 Å². The Bertz CT molecular complexity index is 556. The molecule has 0 unspecified atom stereocenters. The van der Waals surface area contributed by atoms with Crippen LogP contribution in [0.3, 0.4) is 0 Å². The van der Waals surface area contributed by atoms with Crippen molar-refractivity contribution in [2.24, 2.45) is 5.92 Å². The minimum Gasteiger partial charge on any atom is -0.368 e.